The minimum absolute atomic E-state index is 0.0119. The highest BCUT2D eigenvalue weighted by Crippen LogP contribution is 2.38. The third-order valence-electron chi connectivity index (χ3n) is 8.73. The molecular formula is C37H39F4N5O6. The Kier molecular flexibility index (Phi) is 12.2. The fourth-order valence-electron chi connectivity index (χ4n) is 5.79. The van der Waals surface area contributed by atoms with Gasteiger partial charge in [0.1, 0.15) is 11.7 Å². The van der Waals surface area contributed by atoms with Gasteiger partial charge in [-0.25, -0.2) is 4.39 Å². The summed E-state index contributed by atoms with van der Waals surface area (Å²) in [6.45, 7) is 3.99. The molecule has 4 aromatic rings. The fourth-order valence-corrected chi connectivity index (χ4v) is 5.79. The summed E-state index contributed by atoms with van der Waals surface area (Å²) in [6, 6.07) is 12.8. The number of rotatable bonds is 13. The molecule has 1 fully saturated rings. The standard InChI is InChI=1S/C37H39F4N5O6/c1-4-26(35(48)44-24-7-5-6-23(16-24)37(39,40)41)36(49)45-25-8-9-31(28(38)17-25)52-30-10-13-43-29-19-33(32(50-3)18-27(29)30)51-21-22-11-14-46(15-12-22)20-34(47)42-2/h5-10,13,16-19,22,26H,4,11-12,14-15,20-21H2,1-3H3,(H,42,47)(H,44,48)(H,45,49). The first kappa shape index (κ1) is 37.8. The van der Waals surface area contributed by atoms with E-state index < -0.39 is 35.3 Å². The van der Waals surface area contributed by atoms with Crippen molar-refractivity contribution in [3.05, 3.63) is 78.2 Å². The topological polar surface area (TPSA) is 131 Å². The van der Waals surface area contributed by atoms with Crippen LogP contribution in [-0.2, 0) is 20.6 Å². The van der Waals surface area contributed by atoms with Crippen LogP contribution in [0, 0.1) is 17.7 Å². The molecular weight excluding hydrogens is 686 g/mol. The molecule has 3 aromatic carbocycles. The van der Waals surface area contributed by atoms with E-state index in [4.69, 9.17) is 14.2 Å². The smallest absolute Gasteiger partial charge is 0.416 e. The van der Waals surface area contributed by atoms with Gasteiger partial charge in [-0.1, -0.05) is 13.0 Å². The molecule has 0 spiro atoms. The van der Waals surface area contributed by atoms with E-state index in [1.807, 2.05) is 0 Å². The number of carbonyl (C=O) groups is 3. The highest BCUT2D eigenvalue weighted by Gasteiger charge is 2.31. The second-order valence-electron chi connectivity index (χ2n) is 12.3. The van der Waals surface area contributed by atoms with Gasteiger partial charge in [-0.3, -0.25) is 24.3 Å². The number of piperidine rings is 1. The Morgan fingerprint density at radius 1 is 0.923 bits per heavy atom. The molecule has 1 aliphatic heterocycles. The van der Waals surface area contributed by atoms with Crippen molar-refractivity contribution in [3.8, 4) is 23.0 Å². The predicted molar refractivity (Wildman–Crippen MR) is 186 cm³/mol. The molecule has 0 bridgehead atoms. The lowest BCUT2D eigenvalue weighted by molar-refractivity contribution is -0.137. The van der Waals surface area contributed by atoms with Crippen LogP contribution in [0.2, 0.25) is 0 Å². The van der Waals surface area contributed by atoms with Gasteiger partial charge < -0.3 is 30.2 Å². The van der Waals surface area contributed by atoms with Gasteiger partial charge in [-0.15, -0.1) is 0 Å². The van der Waals surface area contributed by atoms with Gasteiger partial charge in [0.25, 0.3) is 0 Å². The Labute approximate surface area is 297 Å². The molecule has 1 unspecified atom stereocenters. The number of nitrogens with one attached hydrogen (secondary N) is 3. The molecule has 2 heterocycles. The molecule has 0 saturated carbocycles. The van der Waals surface area contributed by atoms with Crippen molar-refractivity contribution in [1.29, 1.82) is 0 Å². The number of pyridine rings is 1. The van der Waals surface area contributed by atoms with Crippen LogP contribution < -0.4 is 30.2 Å². The SMILES string of the molecule is CCC(C(=O)Nc1cccc(C(F)(F)F)c1)C(=O)Nc1ccc(Oc2ccnc3cc(OCC4CCN(CC(=O)NC)CC4)c(OC)cc23)c(F)c1. The number of benzene rings is 3. The highest BCUT2D eigenvalue weighted by molar-refractivity contribution is 6.10. The van der Waals surface area contributed by atoms with Crippen LogP contribution in [0.1, 0.15) is 31.7 Å². The minimum Gasteiger partial charge on any atom is -0.493 e. The van der Waals surface area contributed by atoms with Gasteiger partial charge in [0.05, 0.1) is 31.3 Å². The van der Waals surface area contributed by atoms with E-state index >= 15 is 4.39 Å². The van der Waals surface area contributed by atoms with Crippen LogP contribution in [0.15, 0.2) is 66.9 Å². The number of alkyl halides is 3. The predicted octanol–water partition coefficient (Wildman–Crippen LogP) is 6.63. The summed E-state index contributed by atoms with van der Waals surface area (Å²) >= 11 is 0. The molecule has 52 heavy (non-hydrogen) atoms. The van der Waals surface area contributed by atoms with Crippen LogP contribution in [0.5, 0.6) is 23.0 Å². The normalized spacial score (nSPS) is 14.4. The summed E-state index contributed by atoms with van der Waals surface area (Å²) in [6.07, 6.45) is -1.29. The van der Waals surface area contributed by atoms with E-state index in [0.29, 0.717) is 41.5 Å². The first-order valence-electron chi connectivity index (χ1n) is 16.7. The van der Waals surface area contributed by atoms with Gasteiger partial charge in [0, 0.05) is 42.1 Å². The second-order valence-corrected chi connectivity index (χ2v) is 12.3. The highest BCUT2D eigenvalue weighted by atomic mass is 19.4. The Morgan fingerprint density at radius 3 is 2.27 bits per heavy atom. The van der Waals surface area contributed by atoms with E-state index in [0.717, 1.165) is 50.2 Å². The molecule has 0 aliphatic carbocycles. The molecule has 276 valence electrons. The number of carbonyl (C=O) groups excluding carboxylic acids is 3. The Bertz CT molecular complexity index is 1920. The number of ether oxygens (including phenoxy) is 3. The maximum absolute atomic E-state index is 15.3. The van der Waals surface area contributed by atoms with Crippen molar-refractivity contribution in [2.45, 2.75) is 32.4 Å². The summed E-state index contributed by atoms with van der Waals surface area (Å²) in [5.41, 5.74) is -0.499. The van der Waals surface area contributed by atoms with Crippen molar-refractivity contribution in [3.63, 3.8) is 0 Å². The van der Waals surface area contributed by atoms with Crippen LogP contribution in [0.25, 0.3) is 10.9 Å². The lowest BCUT2D eigenvalue weighted by atomic mass is 9.98. The molecule has 3 N–H and O–H groups in total. The van der Waals surface area contributed by atoms with E-state index in [-0.39, 0.29) is 35.2 Å². The average Bonchev–Trinajstić information content (AvgIpc) is 3.12. The molecule has 15 heteroatoms. The van der Waals surface area contributed by atoms with Crippen molar-refractivity contribution in [1.82, 2.24) is 15.2 Å². The van der Waals surface area contributed by atoms with Crippen molar-refractivity contribution in [2.24, 2.45) is 11.8 Å². The first-order chi connectivity index (χ1) is 24.9. The van der Waals surface area contributed by atoms with Crippen LogP contribution in [-0.4, -0.2) is 68.0 Å². The monoisotopic (exact) mass is 725 g/mol. The third-order valence-corrected chi connectivity index (χ3v) is 8.73. The number of anilines is 2. The summed E-state index contributed by atoms with van der Waals surface area (Å²) in [5.74, 6) is -2.31. The number of halogens is 4. The van der Waals surface area contributed by atoms with Gasteiger partial charge in [-0.2, -0.15) is 13.2 Å². The molecule has 11 nitrogen and oxygen atoms in total. The maximum Gasteiger partial charge on any atom is 0.416 e. The number of aromatic nitrogens is 1. The summed E-state index contributed by atoms with van der Waals surface area (Å²) in [7, 11) is 3.13. The zero-order chi connectivity index (χ0) is 37.4. The average molecular weight is 726 g/mol. The van der Waals surface area contributed by atoms with E-state index in [9.17, 15) is 27.6 Å². The van der Waals surface area contributed by atoms with Crippen LogP contribution in [0.3, 0.4) is 0 Å². The molecule has 3 amide bonds. The quantitative estimate of drug-likeness (QED) is 0.103. The van der Waals surface area contributed by atoms with Gasteiger partial charge in [0.15, 0.2) is 23.1 Å². The zero-order valence-corrected chi connectivity index (χ0v) is 28.8. The number of methoxy groups -OCH3 is 1. The molecule has 0 radical (unpaired) electrons. The number of hydrogen-bond acceptors (Lipinski definition) is 8. The molecule has 5 rings (SSSR count). The Balaban J connectivity index is 1.22. The van der Waals surface area contributed by atoms with Crippen LogP contribution >= 0.6 is 0 Å². The Hall–Kier alpha value is -5.44. The van der Waals surface area contributed by atoms with Gasteiger partial charge in [0.2, 0.25) is 17.7 Å². The third kappa shape index (κ3) is 9.46. The fraction of sp³-hybridized carbons (Fsp3) is 0.351. The van der Waals surface area contributed by atoms with Gasteiger partial charge in [-0.05, 0) is 80.7 Å². The number of fused-ring (bicyclic) bond motifs is 1. The van der Waals surface area contributed by atoms with E-state index in [2.05, 4.69) is 25.8 Å². The lowest BCUT2D eigenvalue weighted by Crippen LogP contribution is -2.41. The summed E-state index contributed by atoms with van der Waals surface area (Å²) in [5, 5.41) is 8.01. The number of nitrogens with zero attached hydrogens (tertiary/aromatic N) is 2. The molecule has 1 aromatic heterocycles. The van der Waals surface area contributed by atoms with Crippen LogP contribution in [0.4, 0.5) is 28.9 Å². The number of hydrogen-bond donors (Lipinski definition) is 3. The number of likely N-dealkylation sites (N-methyl/N-ethyl adjacent to an activating group) is 1. The van der Waals surface area contributed by atoms with Crippen molar-refractivity contribution < 1.29 is 46.2 Å². The molecule has 1 aliphatic rings. The van der Waals surface area contributed by atoms with E-state index in [1.165, 1.54) is 31.5 Å². The molecule has 1 atom stereocenters. The summed E-state index contributed by atoms with van der Waals surface area (Å²) in [4.78, 5) is 44.0. The Morgan fingerprint density at radius 2 is 1.63 bits per heavy atom. The van der Waals surface area contributed by atoms with Gasteiger partial charge >= 0.3 is 6.18 Å². The first-order valence-corrected chi connectivity index (χ1v) is 16.7. The lowest BCUT2D eigenvalue weighted by Gasteiger charge is -2.31. The zero-order valence-electron chi connectivity index (χ0n) is 28.8. The van der Waals surface area contributed by atoms with Crippen molar-refractivity contribution >= 4 is 40.0 Å². The maximum atomic E-state index is 15.3. The van der Waals surface area contributed by atoms with Crippen molar-refractivity contribution in [2.75, 3.05) is 51.0 Å². The largest absolute Gasteiger partial charge is 0.493 e. The minimum atomic E-state index is -4.60. The number of likely N-dealkylation sites (tertiary alicyclic amines) is 1. The second kappa shape index (κ2) is 16.7. The van der Waals surface area contributed by atoms with E-state index in [1.54, 1.807) is 32.2 Å². The molecule has 1 saturated heterocycles. The summed E-state index contributed by atoms with van der Waals surface area (Å²) < 4.78 is 72.2. The number of amides is 3.